The first-order valence-corrected chi connectivity index (χ1v) is 9.32. The van der Waals surface area contributed by atoms with Crippen molar-refractivity contribution in [1.29, 1.82) is 5.26 Å². The van der Waals surface area contributed by atoms with Crippen LogP contribution < -0.4 is 10.1 Å². The third kappa shape index (κ3) is 4.96. The van der Waals surface area contributed by atoms with Crippen LogP contribution in [0.4, 0.5) is 9.52 Å². The van der Waals surface area contributed by atoms with E-state index in [0.29, 0.717) is 17.3 Å². The number of hydrogen-bond donors (Lipinski definition) is 1. The molecule has 0 bridgehead atoms. The molecule has 1 amide bonds. The minimum atomic E-state index is -0.540. The van der Waals surface area contributed by atoms with Crippen molar-refractivity contribution in [2.75, 3.05) is 11.9 Å². The smallest absolute Gasteiger partial charge is 0.232 e. The Morgan fingerprint density at radius 2 is 2.33 bits per heavy atom. The van der Waals surface area contributed by atoms with Gasteiger partial charge in [0.15, 0.2) is 10.8 Å². The molecule has 1 fully saturated rings. The Balaban J connectivity index is 1.56. The van der Waals surface area contributed by atoms with Gasteiger partial charge in [-0.25, -0.2) is 9.97 Å². The van der Waals surface area contributed by atoms with E-state index < -0.39 is 5.95 Å². The minimum absolute atomic E-state index is 0.0141. The van der Waals surface area contributed by atoms with Gasteiger partial charge < -0.3 is 10.1 Å². The first kappa shape index (κ1) is 19.1. The third-order valence-electron chi connectivity index (χ3n) is 4.28. The minimum Gasteiger partial charge on any atom is -0.473 e. The number of rotatable bonds is 5. The summed E-state index contributed by atoms with van der Waals surface area (Å²) in [6, 6.07) is 2.10. The highest BCUT2D eigenvalue weighted by Crippen LogP contribution is 2.27. The van der Waals surface area contributed by atoms with Crippen molar-refractivity contribution in [1.82, 2.24) is 19.9 Å². The van der Waals surface area contributed by atoms with Crippen molar-refractivity contribution in [2.45, 2.75) is 45.4 Å². The summed E-state index contributed by atoms with van der Waals surface area (Å²) < 4.78 is 19.9. The van der Waals surface area contributed by atoms with E-state index in [1.54, 1.807) is 0 Å². The van der Waals surface area contributed by atoms with Crippen LogP contribution in [0, 0.1) is 17.3 Å². The van der Waals surface area contributed by atoms with Crippen molar-refractivity contribution in [2.24, 2.45) is 0 Å². The molecular weight excluding hydrogens is 371 g/mol. The summed E-state index contributed by atoms with van der Waals surface area (Å²) >= 11 is 1.15. The number of aromatic nitrogens is 3. The van der Waals surface area contributed by atoms with Gasteiger partial charge in [0.25, 0.3) is 0 Å². The number of anilines is 1. The molecule has 0 radical (unpaired) electrons. The van der Waals surface area contributed by atoms with Crippen molar-refractivity contribution in [3.05, 3.63) is 28.9 Å². The molecule has 1 aliphatic rings. The zero-order valence-corrected chi connectivity index (χ0v) is 15.8. The maximum absolute atomic E-state index is 14.0. The molecule has 2 aromatic rings. The Hall–Kier alpha value is -2.64. The summed E-state index contributed by atoms with van der Waals surface area (Å²) in [5, 5.41) is 11.5. The molecular formula is C17H19FN6O2S. The van der Waals surface area contributed by atoms with Crippen molar-refractivity contribution in [3.8, 4) is 11.9 Å². The topological polar surface area (TPSA) is 104 Å². The van der Waals surface area contributed by atoms with Crippen LogP contribution in [0.1, 0.15) is 37.3 Å². The monoisotopic (exact) mass is 390 g/mol. The molecule has 0 aromatic carbocycles. The standard InChI is InChI=1S/C17H19FN6O2S/c1-10-5-13(26-15-8-20-12(6-19)7-21-15)3-4-24(10)9-14-16(18)23-17(27-14)22-11(2)25/h7-8,10,13H,3-5,9H2,1-2H3,(H,22,23,25)/t10-,13-/m0/s1. The molecule has 0 aliphatic carbocycles. The van der Waals surface area contributed by atoms with E-state index >= 15 is 0 Å². The van der Waals surface area contributed by atoms with Gasteiger partial charge in [-0.15, -0.1) is 0 Å². The van der Waals surface area contributed by atoms with Crippen LogP contribution in [-0.2, 0) is 11.3 Å². The second kappa shape index (κ2) is 8.37. The summed E-state index contributed by atoms with van der Waals surface area (Å²) in [5.41, 5.74) is 0.246. The zero-order valence-electron chi connectivity index (χ0n) is 15.0. The summed E-state index contributed by atoms with van der Waals surface area (Å²) in [6.07, 6.45) is 4.35. The van der Waals surface area contributed by atoms with Crippen LogP contribution in [0.3, 0.4) is 0 Å². The van der Waals surface area contributed by atoms with Crippen molar-refractivity contribution >= 4 is 22.4 Å². The van der Waals surface area contributed by atoms with Gasteiger partial charge in [0.2, 0.25) is 17.7 Å². The SMILES string of the molecule is CC(=O)Nc1nc(F)c(CN2CC[C@H](Oc3cnc(C#N)cn3)C[C@@H]2C)s1. The number of carbonyl (C=O) groups is 1. The molecule has 2 aromatic heterocycles. The number of nitrogens with one attached hydrogen (secondary N) is 1. The van der Waals surface area contributed by atoms with E-state index in [2.05, 4.69) is 32.1 Å². The number of nitrogens with zero attached hydrogens (tertiary/aromatic N) is 5. The molecule has 1 aliphatic heterocycles. The molecule has 0 spiro atoms. The number of hydrogen-bond acceptors (Lipinski definition) is 8. The second-order valence-corrected chi connectivity index (χ2v) is 7.43. The normalized spacial score (nSPS) is 20.1. The van der Waals surface area contributed by atoms with E-state index in [1.807, 2.05) is 6.07 Å². The van der Waals surface area contributed by atoms with Gasteiger partial charge >= 0.3 is 0 Å². The van der Waals surface area contributed by atoms with Crippen LogP contribution in [0.25, 0.3) is 0 Å². The molecule has 3 heterocycles. The van der Waals surface area contributed by atoms with E-state index in [0.717, 1.165) is 30.7 Å². The molecule has 8 nitrogen and oxygen atoms in total. The molecule has 142 valence electrons. The fraction of sp³-hybridized carbons (Fsp3) is 0.471. The lowest BCUT2D eigenvalue weighted by Crippen LogP contribution is -2.43. The lowest BCUT2D eigenvalue weighted by Gasteiger charge is -2.37. The summed E-state index contributed by atoms with van der Waals surface area (Å²) in [7, 11) is 0. The predicted molar refractivity (Wildman–Crippen MR) is 96.6 cm³/mol. The first-order chi connectivity index (χ1) is 12.9. The largest absolute Gasteiger partial charge is 0.473 e. The van der Waals surface area contributed by atoms with Crippen LogP contribution in [0.2, 0.25) is 0 Å². The van der Waals surface area contributed by atoms with Gasteiger partial charge in [0, 0.05) is 26.1 Å². The summed E-state index contributed by atoms with van der Waals surface area (Å²) in [5.74, 6) is -0.414. The number of thiazole rings is 1. The molecule has 0 unspecified atom stereocenters. The first-order valence-electron chi connectivity index (χ1n) is 8.50. The van der Waals surface area contributed by atoms with Crippen LogP contribution in [0.15, 0.2) is 12.4 Å². The summed E-state index contributed by atoms with van der Waals surface area (Å²) in [6.45, 7) is 4.60. The number of ether oxygens (including phenoxy) is 1. The Labute approximate surface area is 160 Å². The number of amides is 1. The lowest BCUT2D eigenvalue weighted by molar-refractivity contribution is -0.114. The molecule has 1 N–H and O–H groups in total. The molecule has 27 heavy (non-hydrogen) atoms. The molecule has 10 heteroatoms. The molecule has 1 saturated heterocycles. The highest BCUT2D eigenvalue weighted by molar-refractivity contribution is 7.15. The van der Waals surface area contributed by atoms with Crippen molar-refractivity contribution in [3.63, 3.8) is 0 Å². The second-order valence-electron chi connectivity index (χ2n) is 6.35. The van der Waals surface area contributed by atoms with E-state index in [1.165, 1.54) is 19.3 Å². The number of carbonyl (C=O) groups excluding carboxylic acids is 1. The maximum atomic E-state index is 14.0. The number of likely N-dealkylation sites (tertiary alicyclic amines) is 1. The molecule has 0 saturated carbocycles. The number of nitriles is 1. The van der Waals surface area contributed by atoms with Gasteiger partial charge in [0.05, 0.1) is 17.3 Å². The van der Waals surface area contributed by atoms with Crippen LogP contribution >= 0.6 is 11.3 Å². The Morgan fingerprint density at radius 1 is 1.52 bits per heavy atom. The average molecular weight is 390 g/mol. The molecule has 3 rings (SSSR count). The van der Waals surface area contributed by atoms with E-state index in [4.69, 9.17) is 10.00 Å². The maximum Gasteiger partial charge on any atom is 0.232 e. The van der Waals surface area contributed by atoms with E-state index in [-0.39, 0.29) is 28.9 Å². The highest BCUT2D eigenvalue weighted by atomic mass is 32.1. The zero-order chi connectivity index (χ0) is 19.4. The highest BCUT2D eigenvalue weighted by Gasteiger charge is 2.28. The fourth-order valence-electron chi connectivity index (χ4n) is 2.94. The van der Waals surface area contributed by atoms with E-state index in [9.17, 15) is 9.18 Å². The van der Waals surface area contributed by atoms with Crippen LogP contribution in [-0.4, -0.2) is 44.4 Å². The molecule has 2 atom stereocenters. The predicted octanol–water partition coefficient (Wildman–Crippen LogP) is 2.33. The number of halogens is 1. The van der Waals surface area contributed by atoms with Gasteiger partial charge in [-0.1, -0.05) is 11.3 Å². The van der Waals surface area contributed by atoms with Crippen LogP contribution in [0.5, 0.6) is 5.88 Å². The van der Waals surface area contributed by atoms with Crippen molar-refractivity contribution < 1.29 is 13.9 Å². The Morgan fingerprint density at radius 3 is 2.96 bits per heavy atom. The average Bonchev–Trinajstić information content (AvgIpc) is 2.96. The lowest BCUT2D eigenvalue weighted by atomic mass is 10.0. The Bertz CT molecular complexity index is 850. The quantitative estimate of drug-likeness (QED) is 0.835. The third-order valence-corrected chi connectivity index (χ3v) is 5.21. The number of piperidine rings is 1. The Kier molecular flexibility index (Phi) is 5.93. The van der Waals surface area contributed by atoms with Gasteiger partial charge in [-0.05, 0) is 19.8 Å². The fourth-order valence-corrected chi connectivity index (χ4v) is 3.86. The van der Waals surface area contributed by atoms with Gasteiger partial charge in [0.1, 0.15) is 12.2 Å². The van der Waals surface area contributed by atoms with Gasteiger partial charge in [-0.2, -0.15) is 14.6 Å². The summed E-state index contributed by atoms with van der Waals surface area (Å²) in [4.78, 5) is 25.5. The van der Waals surface area contributed by atoms with Gasteiger partial charge in [-0.3, -0.25) is 9.69 Å².